The molecule has 3 heterocycles. The predicted molar refractivity (Wildman–Crippen MR) is 151 cm³/mol. The Morgan fingerprint density at radius 2 is 1.40 bits per heavy atom. The Bertz CT molecular complexity index is 901. The predicted octanol–water partition coefficient (Wildman–Crippen LogP) is -7.82. The van der Waals surface area contributed by atoms with Crippen LogP contribution < -0.4 is 28.3 Å². The summed E-state index contributed by atoms with van der Waals surface area (Å²) in [5.74, 6) is 0. The second-order valence-electron chi connectivity index (χ2n) is 12.1. The smallest absolute Gasteiger partial charge is 0.187 e. The van der Waals surface area contributed by atoms with E-state index < -0.39 is 123 Å². The molecule has 0 radical (unpaired) electrons. The molecule has 4 fully saturated rings. The van der Waals surface area contributed by atoms with Crippen molar-refractivity contribution in [2.45, 2.75) is 130 Å². The molecule has 1 saturated carbocycles. The second-order valence-corrected chi connectivity index (χ2v) is 12.1. The van der Waals surface area contributed by atoms with Crippen LogP contribution in [0.5, 0.6) is 0 Å². The van der Waals surface area contributed by atoms with Crippen LogP contribution in [0.25, 0.3) is 0 Å². The highest BCUT2D eigenvalue weighted by Gasteiger charge is 2.53. The SMILES string of the molecule is NCC1OC(OC2C(N)CC(NCC(O)CO)C(O)C2OC2OC(CO)C(OC3OC(CN)C(O)C(O)C3N)C2O)CCC1O. The largest absolute Gasteiger partial charge is 0.394 e. The molecule has 3 saturated heterocycles. The molecule has 1 aliphatic carbocycles. The van der Waals surface area contributed by atoms with Gasteiger partial charge in [0.15, 0.2) is 18.9 Å². The lowest BCUT2D eigenvalue weighted by molar-refractivity contribution is -0.293. The molecule has 3 aliphatic heterocycles. The van der Waals surface area contributed by atoms with Gasteiger partial charge >= 0.3 is 0 Å². The van der Waals surface area contributed by atoms with Crippen LogP contribution in [-0.4, -0.2) is 184 Å². The highest BCUT2D eigenvalue weighted by atomic mass is 16.8. The summed E-state index contributed by atoms with van der Waals surface area (Å²) in [4.78, 5) is 0. The summed E-state index contributed by atoms with van der Waals surface area (Å²) in [6.07, 6.45) is -17.0. The van der Waals surface area contributed by atoms with Gasteiger partial charge in [-0.05, 0) is 12.8 Å². The topological polar surface area (TPSA) is 333 Å². The van der Waals surface area contributed by atoms with Crippen LogP contribution in [0.15, 0.2) is 0 Å². The van der Waals surface area contributed by atoms with E-state index in [1.165, 1.54) is 0 Å². The molecule has 19 heteroatoms. The molecule has 0 aromatic carbocycles. The van der Waals surface area contributed by atoms with Crippen LogP contribution in [0.3, 0.4) is 0 Å². The third-order valence-electron chi connectivity index (χ3n) is 8.88. The molecule has 18 unspecified atom stereocenters. The zero-order valence-electron chi connectivity index (χ0n) is 24.9. The Morgan fingerprint density at radius 1 is 0.733 bits per heavy atom. The number of nitrogens with two attached hydrogens (primary N) is 4. The summed E-state index contributed by atoms with van der Waals surface area (Å²) >= 11 is 0. The molecule has 17 N–H and O–H groups in total. The maximum atomic E-state index is 11.4. The molecule has 18 atom stereocenters. The molecule has 0 bridgehead atoms. The molecule has 45 heavy (non-hydrogen) atoms. The lowest BCUT2D eigenvalue weighted by Gasteiger charge is -2.46. The number of ether oxygens (including phenoxy) is 6. The van der Waals surface area contributed by atoms with Crippen molar-refractivity contribution in [3.8, 4) is 0 Å². The third kappa shape index (κ3) is 8.46. The van der Waals surface area contributed by atoms with E-state index in [1.54, 1.807) is 0 Å². The van der Waals surface area contributed by atoms with Crippen LogP contribution in [0.1, 0.15) is 19.3 Å². The lowest BCUT2D eigenvalue weighted by atomic mass is 9.83. The number of aliphatic hydroxyl groups is 8. The minimum absolute atomic E-state index is 0.0436. The molecule has 4 rings (SSSR count). The van der Waals surface area contributed by atoms with Crippen molar-refractivity contribution in [2.75, 3.05) is 32.8 Å². The molecular weight excluding hydrogens is 606 g/mol. The first-order valence-corrected chi connectivity index (χ1v) is 15.3. The van der Waals surface area contributed by atoms with Crippen LogP contribution >= 0.6 is 0 Å². The van der Waals surface area contributed by atoms with Gasteiger partial charge in [-0.15, -0.1) is 0 Å². The molecule has 0 aromatic rings. The summed E-state index contributed by atoms with van der Waals surface area (Å²) < 4.78 is 35.3. The zero-order valence-corrected chi connectivity index (χ0v) is 24.9. The van der Waals surface area contributed by atoms with Crippen molar-refractivity contribution in [1.29, 1.82) is 0 Å². The minimum Gasteiger partial charge on any atom is -0.394 e. The van der Waals surface area contributed by atoms with Gasteiger partial charge in [-0.25, -0.2) is 0 Å². The molecule has 4 aliphatic rings. The average Bonchev–Trinajstić information content (AvgIpc) is 3.33. The Balaban J connectivity index is 1.51. The molecule has 0 amide bonds. The van der Waals surface area contributed by atoms with E-state index in [0.717, 1.165) is 0 Å². The molecule has 0 aromatic heterocycles. The van der Waals surface area contributed by atoms with Gasteiger partial charge in [0.2, 0.25) is 0 Å². The summed E-state index contributed by atoms with van der Waals surface area (Å²) in [6.45, 7) is -1.33. The molecule has 0 spiro atoms. The minimum atomic E-state index is -1.59. The summed E-state index contributed by atoms with van der Waals surface area (Å²) in [5, 5.41) is 85.4. The third-order valence-corrected chi connectivity index (χ3v) is 8.88. The Labute approximate surface area is 260 Å². The fraction of sp³-hybridized carbons (Fsp3) is 1.00. The first-order valence-electron chi connectivity index (χ1n) is 15.3. The van der Waals surface area contributed by atoms with Gasteiger partial charge < -0.3 is 97.5 Å². The van der Waals surface area contributed by atoms with E-state index in [-0.39, 0.29) is 26.1 Å². The van der Waals surface area contributed by atoms with Crippen molar-refractivity contribution in [2.24, 2.45) is 22.9 Å². The fourth-order valence-corrected chi connectivity index (χ4v) is 6.17. The molecular formula is C26H51N5O14. The van der Waals surface area contributed by atoms with Gasteiger partial charge in [0.25, 0.3) is 0 Å². The fourth-order valence-electron chi connectivity index (χ4n) is 6.17. The van der Waals surface area contributed by atoms with Crippen LogP contribution in [0.2, 0.25) is 0 Å². The summed E-state index contributed by atoms with van der Waals surface area (Å²) in [6, 6.07) is -2.76. The maximum Gasteiger partial charge on any atom is 0.187 e. The van der Waals surface area contributed by atoms with E-state index in [1.807, 2.05) is 0 Å². The first kappa shape index (κ1) is 37.1. The Morgan fingerprint density at radius 3 is 2.04 bits per heavy atom. The number of hydrogen-bond donors (Lipinski definition) is 13. The standard InChI is InChI=1S/C26H51N5O14/c27-4-13-12(35)1-2-16(40-13)43-22-10(29)3-11(31-6-9(34)7-32)18(36)24(22)45-26-21(39)23(15(8-33)42-26)44-25-17(30)20(38)19(37)14(5-28)41-25/h9-26,31-39H,1-8,27-30H2. The zero-order chi connectivity index (χ0) is 33.0. The van der Waals surface area contributed by atoms with Crippen molar-refractivity contribution >= 4 is 0 Å². The van der Waals surface area contributed by atoms with E-state index >= 15 is 0 Å². The van der Waals surface area contributed by atoms with Crippen molar-refractivity contribution < 1.29 is 69.3 Å². The maximum absolute atomic E-state index is 11.4. The number of hydrogen-bond acceptors (Lipinski definition) is 19. The van der Waals surface area contributed by atoms with Crippen LogP contribution in [-0.2, 0) is 28.4 Å². The summed E-state index contributed by atoms with van der Waals surface area (Å²) in [5.41, 5.74) is 23.9. The van der Waals surface area contributed by atoms with Crippen LogP contribution in [0.4, 0.5) is 0 Å². The van der Waals surface area contributed by atoms with Crippen LogP contribution in [0, 0.1) is 0 Å². The van der Waals surface area contributed by atoms with E-state index in [2.05, 4.69) is 5.32 Å². The van der Waals surface area contributed by atoms with Crippen molar-refractivity contribution in [3.63, 3.8) is 0 Å². The van der Waals surface area contributed by atoms with Gasteiger partial charge in [0.1, 0.15) is 48.8 Å². The lowest BCUT2D eigenvalue weighted by Crippen LogP contribution is -2.66. The number of aliphatic hydroxyl groups excluding tert-OH is 8. The Hall–Kier alpha value is -0.760. The van der Waals surface area contributed by atoms with Gasteiger partial charge in [-0.1, -0.05) is 0 Å². The number of rotatable bonds is 13. The van der Waals surface area contributed by atoms with E-state index in [0.29, 0.717) is 12.8 Å². The van der Waals surface area contributed by atoms with Gasteiger partial charge in [0.05, 0.1) is 43.7 Å². The van der Waals surface area contributed by atoms with Gasteiger partial charge in [0, 0.05) is 38.1 Å². The Kier molecular flexibility index (Phi) is 13.6. The highest BCUT2D eigenvalue weighted by Crippen LogP contribution is 2.34. The number of nitrogens with one attached hydrogen (secondary N) is 1. The molecule has 19 nitrogen and oxygen atoms in total. The first-order chi connectivity index (χ1) is 21.4. The summed E-state index contributed by atoms with van der Waals surface area (Å²) in [7, 11) is 0. The van der Waals surface area contributed by atoms with Crippen molar-refractivity contribution in [3.05, 3.63) is 0 Å². The monoisotopic (exact) mass is 657 g/mol. The highest BCUT2D eigenvalue weighted by molar-refractivity contribution is 5.02. The van der Waals surface area contributed by atoms with E-state index in [4.69, 9.17) is 51.4 Å². The van der Waals surface area contributed by atoms with Gasteiger partial charge in [-0.3, -0.25) is 0 Å². The normalized spacial score (nSPS) is 48.4. The second kappa shape index (κ2) is 16.6. The average molecular weight is 658 g/mol. The molecule has 264 valence electrons. The van der Waals surface area contributed by atoms with E-state index in [9.17, 15) is 40.9 Å². The van der Waals surface area contributed by atoms with Crippen molar-refractivity contribution in [1.82, 2.24) is 5.32 Å². The quantitative estimate of drug-likeness (QED) is 0.0874. The van der Waals surface area contributed by atoms with Gasteiger partial charge in [-0.2, -0.15) is 0 Å².